The van der Waals surface area contributed by atoms with Crippen LogP contribution in [0.25, 0.3) is 0 Å². The van der Waals surface area contributed by atoms with Crippen LogP contribution in [-0.4, -0.2) is 13.2 Å². The van der Waals surface area contributed by atoms with Crippen molar-refractivity contribution in [2.75, 3.05) is 7.11 Å². The van der Waals surface area contributed by atoms with Crippen LogP contribution in [0.15, 0.2) is 24.3 Å². The fraction of sp³-hybridized carbons (Fsp3) is 0.538. The summed E-state index contributed by atoms with van der Waals surface area (Å²) in [5, 5.41) is 0. The van der Waals surface area contributed by atoms with Gasteiger partial charge in [0.1, 0.15) is 5.75 Å². The smallest absolute Gasteiger partial charge is 0.118 e. The van der Waals surface area contributed by atoms with E-state index in [-0.39, 0.29) is 6.04 Å². The zero-order valence-corrected chi connectivity index (χ0v) is 9.20. The van der Waals surface area contributed by atoms with E-state index in [9.17, 15) is 0 Å². The van der Waals surface area contributed by atoms with Gasteiger partial charge in [0.25, 0.3) is 0 Å². The van der Waals surface area contributed by atoms with E-state index in [1.807, 2.05) is 12.1 Å². The van der Waals surface area contributed by atoms with Crippen molar-refractivity contribution < 1.29 is 4.74 Å². The predicted molar refractivity (Wildman–Crippen MR) is 61.1 cm³/mol. The molecule has 0 spiro atoms. The minimum absolute atomic E-state index is 0.180. The molecule has 0 aliphatic heterocycles. The second-order valence-corrected chi connectivity index (χ2v) is 4.32. The Bertz CT molecular complexity index is 299. The van der Waals surface area contributed by atoms with Crippen molar-refractivity contribution in [2.24, 2.45) is 0 Å². The first-order chi connectivity index (χ1) is 7.29. The Labute approximate surface area is 91.4 Å². The maximum Gasteiger partial charge on any atom is 0.118 e. The summed E-state index contributed by atoms with van der Waals surface area (Å²) in [4.78, 5) is 0. The molecule has 1 fully saturated rings. The SMILES string of the molecule is COc1ccc([C@H]2CC[C@@H]([NH])CC2)cc1. The van der Waals surface area contributed by atoms with Crippen molar-refractivity contribution in [3.63, 3.8) is 0 Å². The first-order valence-electron chi connectivity index (χ1n) is 5.64. The van der Waals surface area contributed by atoms with Gasteiger partial charge in [-0.25, -0.2) is 0 Å². The van der Waals surface area contributed by atoms with Crippen LogP contribution in [0.1, 0.15) is 37.2 Å². The quantitative estimate of drug-likeness (QED) is 0.729. The molecule has 0 bridgehead atoms. The molecule has 1 saturated carbocycles. The first-order valence-corrected chi connectivity index (χ1v) is 5.64. The second kappa shape index (κ2) is 4.67. The maximum atomic E-state index is 7.67. The van der Waals surface area contributed by atoms with Gasteiger partial charge >= 0.3 is 0 Å². The summed E-state index contributed by atoms with van der Waals surface area (Å²) >= 11 is 0. The summed E-state index contributed by atoms with van der Waals surface area (Å²) in [5.74, 6) is 1.59. The Balaban J connectivity index is 2.03. The normalized spacial score (nSPS) is 26.3. The number of hydrogen-bond acceptors (Lipinski definition) is 1. The highest BCUT2D eigenvalue weighted by Crippen LogP contribution is 2.33. The summed E-state index contributed by atoms with van der Waals surface area (Å²) in [6.45, 7) is 0. The maximum absolute atomic E-state index is 7.67. The van der Waals surface area contributed by atoms with E-state index in [0.717, 1.165) is 18.6 Å². The van der Waals surface area contributed by atoms with Gasteiger partial charge in [-0.1, -0.05) is 12.1 Å². The molecule has 2 heteroatoms. The first kappa shape index (κ1) is 10.5. The van der Waals surface area contributed by atoms with E-state index < -0.39 is 0 Å². The van der Waals surface area contributed by atoms with Gasteiger partial charge in [-0.05, 0) is 49.3 Å². The molecular weight excluding hydrogens is 186 g/mol. The Hall–Kier alpha value is -1.02. The number of rotatable bonds is 2. The van der Waals surface area contributed by atoms with Gasteiger partial charge in [0.15, 0.2) is 0 Å². The average Bonchev–Trinajstić information content (AvgIpc) is 2.30. The third-order valence-corrected chi connectivity index (χ3v) is 3.31. The van der Waals surface area contributed by atoms with Crippen molar-refractivity contribution in [2.45, 2.75) is 37.6 Å². The number of benzene rings is 1. The van der Waals surface area contributed by atoms with Gasteiger partial charge < -0.3 is 4.74 Å². The van der Waals surface area contributed by atoms with Gasteiger partial charge in [0, 0.05) is 6.04 Å². The Morgan fingerprint density at radius 2 is 1.67 bits per heavy atom. The monoisotopic (exact) mass is 204 g/mol. The van der Waals surface area contributed by atoms with Crippen LogP contribution in [0.3, 0.4) is 0 Å². The highest BCUT2D eigenvalue weighted by molar-refractivity contribution is 5.29. The molecule has 0 unspecified atom stereocenters. The standard InChI is InChI=1S/C13H18NO/c1-15-13-8-4-11(5-9-13)10-2-6-12(14)7-3-10/h4-5,8-10,12,14H,2-3,6-7H2,1H3/t10-,12+. The zero-order valence-electron chi connectivity index (χ0n) is 9.20. The van der Waals surface area contributed by atoms with E-state index in [2.05, 4.69) is 12.1 Å². The molecule has 2 rings (SSSR count). The van der Waals surface area contributed by atoms with E-state index in [1.165, 1.54) is 18.4 Å². The Morgan fingerprint density at radius 3 is 2.20 bits per heavy atom. The van der Waals surface area contributed by atoms with Crippen LogP contribution in [-0.2, 0) is 0 Å². The predicted octanol–water partition coefficient (Wildman–Crippen LogP) is 3.00. The van der Waals surface area contributed by atoms with E-state index >= 15 is 0 Å². The number of hydrogen-bond donors (Lipinski definition) is 0. The summed E-state index contributed by atoms with van der Waals surface area (Å²) in [6, 6.07) is 8.56. The van der Waals surface area contributed by atoms with Crippen molar-refractivity contribution in [3.05, 3.63) is 29.8 Å². The summed E-state index contributed by atoms with van der Waals surface area (Å²) in [7, 11) is 1.69. The largest absolute Gasteiger partial charge is 0.497 e. The van der Waals surface area contributed by atoms with Gasteiger partial charge in [-0.15, -0.1) is 0 Å². The summed E-state index contributed by atoms with van der Waals surface area (Å²) < 4.78 is 5.14. The van der Waals surface area contributed by atoms with Gasteiger partial charge in [-0.2, -0.15) is 0 Å². The molecule has 81 valence electrons. The Morgan fingerprint density at radius 1 is 1.07 bits per heavy atom. The lowest BCUT2D eigenvalue weighted by atomic mass is 9.82. The molecule has 0 aromatic heterocycles. The lowest BCUT2D eigenvalue weighted by Crippen LogP contribution is -2.18. The minimum atomic E-state index is 0.180. The van der Waals surface area contributed by atoms with Crippen LogP contribution in [0, 0.1) is 0 Å². The lowest BCUT2D eigenvalue weighted by Gasteiger charge is -2.25. The minimum Gasteiger partial charge on any atom is -0.497 e. The van der Waals surface area contributed by atoms with Gasteiger partial charge in [0.05, 0.1) is 7.11 Å². The summed E-state index contributed by atoms with van der Waals surface area (Å²) in [6.07, 6.45) is 4.44. The average molecular weight is 204 g/mol. The summed E-state index contributed by atoms with van der Waals surface area (Å²) in [5.41, 5.74) is 9.07. The number of ether oxygens (including phenoxy) is 1. The molecule has 1 aliphatic carbocycles. The highest BCUT2D eigenvalue weighted by atomic mass is 16.5. The molecule has 2 nitrogen and oxygen atoms in total. The van der Waals surface area contributed by atoms with E-state index in [1.54, 1.807) is 7.11 Å². The molecule has 0 saturated heterocycles. The molecule has 1 aromatic carbocycles. The third kappa shape index (κ3) is 2.51. The molecule has 1 aliphatic rings. The van der Waals surface area contributed by atoms with Crippen molar-refractivity contribution in [1.82, 2.24) is 5.73 Å². The van der Waals surface area contributed by atoms with Crippen LogP contribution in [0.4, 0.5) is 0 Å². The molecule has 0 heterocycles. The van der Waals surface area contributed by atoms with Crippen molar-refractivity contribution in [3.8, 4) is 5.75 Å². The third-order valence-electron chi connectivity index (χ3n) is 3.31. The second-order valence-electron chi connectivity index (χ2n) is 4.32. The molecule has 0 amide bonds. The molecule has 1 aromatic rings. The van der Waals surface area contributed by atoms with Crippen LogP contribution in [0.2, 0.25) is 0 Å². The van der Waals surface area contributed by atoms with E-state index in [4.69, 9.17) is 10.5 Å². The van der Waals surface area contributed by atoms with Crippen LogP contribution < -0.4 is 10.5 Å². The van der Waals surface area contributed by atoms with Crippen LogP contribution >= 0.6 is 0 Å². The van der Waals surface area contributed by atoms with Crippen LogP contribution in [0.5, 0.6) is 5.75 Å². The number of methoxy groups -OCH3 is 1. The number of nitrogens with one attached hydrogen (secondary N) is 1. The van der Waals surface area contributed by atoms with Gasteiger partial charge in [-0.3, -0.25) is 5.73 Å². The topological polar surface area (TPSA) is 33.0 Å². The fourth-order valence-electron chi connectivity index (χ4n) is 2.30. The molecule has 15 heavy (non-hydrogen) atoms. The Kier molecular flexibility index (Phi) is 3.27. The zero-order chi connectivity index (χ0) is 10.7. The van der Waals surface area contributed by atoms with E-state index in [0.29, 0.717) is 5.92 Å². The lowest BCUT2D eigenvalue weighted by molar-refractivity contribution is 0.387. The molecule has 1 radical (unpaired) electrons. The van der Waals surface area contributed by atoms with Gasteiger partial charge in [0.2, 0.25) is 0 Å². The molecule has 1 N–H and O–H groups in total. The fourth-order valence-corrected chi connectivity index (χ4v) is 2.30. The molecule has 0 atom stereocenters. The van der Waals surface area contributed by atoms with Crippen molar-refractivity contribution >= 4 is 0 Å². The van der Waals surface area contributed by atoms with Crippen molar-refractivity contribution in [1.29, 1.82) is 0 Å². The molecular formula is C13H18NO. The highest BCUT2D eigenvalue weighted by Gasteiger charge is 2.20.